The number of rotatable bonds is 2. The molecule has 2 aromatic carbocycles. The molecule has 0 fully saturated rings. The molecule has 3 N–H and O–H groups in total. The molecule has 0 radical (unpaired) electrons. The molecule has 2 aliphatic heterocycles. The van der Waals surface area contributed by atoms with Gasteiger partial charge in [-0.1, -0.05) is 43.0 Å². The fourth-order valence-corrected chi connectivity index (χ4v) is 3.61. The molecule has 130 valence electrons. The number of aromatic nitrogens is 1. The van der Waals surface area contributed by atoms with Gasteiger partial charge in [0, 0.05) is 23.3 Å². The molecule has 5 rings (SSSR count). The smallest absolute Gasteiger partial charge is 0.251 e. The van der Waals surface area contributed by atoms with Crippen molar-refractivity contribution in [2.75, 3.05) is 0 Å². The van der Waals surface area contributed by atoms with Gasteiger partial charge in [-0.25, -0.2) is 0 Å². The average molecular weight is 344 g/mol. The van der Waals surface area contributed by atoms with Crippen LogP contribution in [-0.2, 0) is 12.9 Å². The van der Waals surface area contributed by atoms with Crippen LogP contribution in [0, 0.1) is 0 Å². The van der Waals surface area contributed by atoms with Gasteiger partial charge in [0.05, 0.1) is 0 Å². The number of aromatic hydroxyl groups is 1. The van der Waals surface area contributed by atoms with Gasteiger partial charge >= 0.3 is 0 Å². The van der Waals surface area contributed by atoms with Crippen LogP contribution in [0.1, 0.15) is 21.6 Å². The minimum atomic E-state index is -0.0556. The van der Waals surface area contributed by atoms with Gasteiger partial charge in [-0.3, -0.25) is 4.79 Å². The number of phenols is 1. The summed E-state index contributed by atoms with van der Waals surface area (Å²) < 4.78 is 0. The second kappa shape index (κ2) is 7.12. The third kappa shape index (κ3) is 3.52. The molecule has 26 heavy (non-hydrogen) atoms. The zero-order chi connectivity index (χ0) is 17.9. The van der Waals surface area contributed by atoms with E-state index in [4.69, 9.17) is 5.11 Å². The van der Waals surface area contributed by atoms with E-state index < -0.39 is 0 Å². The number of nitrogens with one attached hydrogen (secondary N) is 2. The summed E-state index contributed by atoms with van der Waals surface area (Å²) in [6.45, 7) is 1.35. The average Bonchev–Trinajstić information content (AvgIpc) is 3.36. The minimum absolute atomic E-state index is 0.0556. The van der Waals surface area contributed by atoms with E-state index in [1.54, 1.807) is 12.1 Å². The minimum Gasteiger partial charge on any atom is -0.508 e. The number of carbonyl (C=O) groups excluding carboxylic acids is 1. The van der Waals surface area contributed by atoms with Crippen LogP contribution in [0.25, 0.3) is 10.9 Å². The number of allylic oxidation sites excluding steroid dienone is 2. The van der Waals surface area contributed by atoms with E-state index >= 15 is 0 Å². The summed E-state index contributed by atoms with van der Waals surface area (Å²) in [6.07, 6.45) is 8.27. The first-order chi connectivity index (χ1) is 12.7. The maximum Gasteiger partial charge on any atom is 0.251 e. The van der Waals surface area contributed by atoms with Crippen LogP contribution in [0.4, 0.5) is 0 Å². The van der Waals surface area contributed by atoms with Crippen LogP contribution in [0.3, 0.4) is 0 Å². The summed E-state index contributed by atoms with van der Waals surface area (Å²) in [7, 11) is 0. The summed E-state index contributed by atoms with van der Waals surface area (Å²) >= 11 is 0. The van der Waals surface area contributed by atoms with E-state index in [1.165, 1.54) is 41.6 Å². The zero-order valence-corrected chi connectivity index (χ0v) is 14.5. The largest absolute Gasteiger partial charge is 0.508 e. The predicted octanol–water partition coefficient (Wildman–Crippen LogP) is 3.95. The fraction of sp³-hybridized carbons (Fsp3) is 0.190. The molecule has 2 aliphatic rings. The van der Waals surface area contributed by atoms with Gasteiger partial charge in [0.15, 0.2) is 6.71 Å². The second-order valence-corrected chi connectivity index (χ2v) is 6.92. The number of hydrogen-bond acceptors (Lipinski definition) is 2. The van der Waals surface area contributed by atoms with Crippen LogP contribution in [0.15, 0.2) is 60.7 Å². The van der Waals surface area contributed by atoms with Crippen molar-refractivity contribution in [3.05, 3.63) is 77.5 Å². The van der Waals surface area contributed by atoms with Gasteiger partial charge in [0.1, 0.15) is 5.75 Å². The Balaban J connectivity index is 0.000000136. The molecule has 0 spiro atoms. The molecule has 4 nitrogen and oxygen atoms in total. The third-order valence-corrected chi connectivity index (χ3v) is 4.97. The Bertz CT molecular complexity index is 936. The highest BCUT2D eigenvalue weighted by atomic mass is 16.3. The Kier molecular flexibility index (Phi) is 4.52. The lowest BCUT2D eigenvalue weighted by Crippen LogP contribution is -2.12. The van der Waals surface area contributed by atoms with Crippen molar-refractivity contribution < 1.29 is 9.90 Å². The Labute approximate surface area is 153 Å². The normalized spacial score (nSPS) is 14.9. The molecule has 0 saturated carbocycles. The van der Waals surface area contributed by atoms with Crippen LogP contribution < -0.4 is 5.32 Å². The van der Waals surface area contributed by atoms with E-state index in [0.717, 1.165) is 12.3 Å². The summed E-state index contributed by atoms with van der Waals surface area (Å²) in [4.78, 5) is 14.5. The Morgan fingerprint density at radius 3 is 2.65 bits per heavy atom. The van der Waals surface area contributed by atoms with E-state index in [0.29, 0.717) is 12.1 Å². The molecule has 0 unspecified atom stereocenters. The molecule has 0 bridgehead atoms. The number of carbonyl (C=O) groups is 1. The van der Waals surface area contributed by atoms with Gasteiger partial charge in [-0.05, 0) is 47.6 Å². The lowest BCUT2D eigenvalue weighted by Gasteiger charge is -2.01. The highest BCUT2D eigenvalue weighted by Crippen LogP contribution is 2.20. The van der Waals surface area contributed by atoms with Gasteiger partial charge in [0.2, 0.25) is 0 Å². The van der Waals surface area contributed by atoms with E-state index in [-0.39, 0.29) is 11.7 Å². The molecule has 0 atom stereocenters. The number of H-pyrrole nitrogens is 1. The SMILES string of the molecule is C1=CCB(Cc2cc3ccccc3[nH]2)C1.O=C1NCc2cc(O)ccc21. The number of aromatic amines is 1. The van der Waals surface area contributed by atoms with Crippen molar-refractivity contribution in [3.8, 4) is 5.75 Å². The Morgan fingerprint density at radius 2 is 1.85 bits per heavy atom. The summed E-state index contributed by atoms with van der Waals surface area (Å²) in [5.41, 5.74) is 4.18. The highest BCUT2D eigenvalue weighted by Gasteiger charge is 2.18. The first-order valence-corrected chi connectivity index (χ1v) is 9.01. The van der Waals surface area contributed by atoms with E-state index in [2.05, 4.69) is 52.8 Å². The molecule has 0 aliphatic carbocycles. The summed E-state index contributed by atoms with van der Waals surface area (Å²) in [5, 5.41) is 13.0. The van der Waals surface area contributed by atoms with Crippen molar-refractivity contribution in [1.82, 2.24) is 10.3 Å². The maximum absolute atomic E-state index is 11.0. The standard InChI is InChI=1S/C13H14BN.C8H7NO2/c1-2-6-13-11(5-1)9-12(15-13)10-14-7-3-4-8-14;10-6-1-2-7-5(3-6)4-9-8(7)11/h1-6,9,15H,7-8,10H2;1-3,10H,4H2,(H,9,11). The number of phenolic OH excluding ortho intramolecular Hbond substituents is 1. The monoisotopic (exact) mass is 344 g/mol. The summed E-state index contributed by atoms with van der Waals surface area (Å²) in [6, 6.07) is 15.5. The number of fused-ring (bicyclic) bond motifs is 2. The van der Waals surface area contributed by atoms with Crippen molar-refractivity contribution in [2.45, 2.75) is 25.5 Å². The maximum atomic E-state index is 11.0. The van der Waals surface area contributed by atoms with Crippen molar-refractivity contribution in [1.29, 1.82) is 0 Å². The summed E-state index contributed by atoms with van der Waals surface area (Å²) in [5.74, 6) is 0.153. The van der Waals surface area contributed by atoms with Gasteiger partial charge in [0.25, 0.3) is 5.91 Å². The molecular weight excluding hydrogens is 323 g/mol. The molecule has 5 heteroatoms. The number of hydrogen-bond donors (Lipinski definition) is 3. The topological polar surface area (TPSA) is 65.1 Å². The van der Waals surface area contributed by atoms with Crippen molar-refractivity contribution in [2.24, 2.45) is 0 Å². The van der Waals surface area contributed by atoms with Gasteiger partial charge in [-0.15, -0.1) is 0 Å². The fourth-order valence-electron chi connectivity index (χ4n) is 3.61. The predicted molar refractivity (Wildman–Crippen MR) is 106 cm³/mol. The lowest BCUT2D eigenvalue weighted by molar-refractivity contribution is 0.0966. The van der Waals surface area contributed by atoms with Crippen LogP contribution >= 0.6 is 0 Å². The van der Waals surface area contributed by atoms with Crippen molar-refractivity contribution >= 4 is 23.5 Å². The quantitative estimate of drug-likeness (QED) is 0.487. The van der Waals surface area contributed by atoms with Crippen molar-refractivity contribution in [3.63, 3.8) is 0 Å². The van der Waals surface area contributed by atoms with E-state index in [9.17, 15) is 4.79 Å². The first kappa shape index (κ1) is 16.5. The third-order valence-electron chi connectivity index (χ3n) is 4.97. The molecule has 0 saturated heterocycles. The number of para-hydroxylation sites is 1. The van der Waals surface area contributed by atoms with Gasteiger partial charge < -0.3 is 15.4 Å². The Morgan fingerprint density at radius 1 is 1.04 bits per heavy atom. The van der Waals surface area contributed by atoms with Crippen LogP contribution in [0.2, 0.25) is 12.6 Å². The lowest BCUT2D eigenvalue weighted by atomic mass is 9.45. The van der Waals surface area contributed by atoms with Gasteiger partial charge in [-0.2, -0.15) is 0 Å². The zero-order valence-electron chi connectivity index (χ0n) is 14.5. The molecule has 3 aromatic rings. The molecule has 1 aromatic heterocycles. The molecule has 3 heterocycles. The number of amides is 1. The molecule has 1 amide bonds. The first-order valence-electron chi connectivity index (χ1n) is 9.01. The Hall–Kier alpha value is -2.95. The van der Waals surface area contributed by atoms with Crippen LogP contribution in [-0.4, -0.2) is 22.7 Å². The van der Waals surface area contributed by atoms with E-state index in [1.807, 2.05) is 0 Å². The second-order valence-electron chi connectivity index (χ2n) is 6.92. The van der Waals surface area contributed by atoms with Crippen LogP contribution in [0.5, 0.6) is 5.75 Å². The highest BCUT2D eigenvalue weighted by molar-refractivity contribution is 6.60. The number of benzene rings is 2. The molecular formula is C21H21BN2O2.